The van der Waals surface area contributed by atoms with E-state index >= 15 is 0 Å². The van der Waals surface area contributed by atoms with Crippen LogP contribution >= 0.6 is 11.6 Å². The molecule has 0 saturated carbocycles. The first-order chi connectivity index (χ1) is 14.5. The fourth-order valence-corrected chi connectivity index (χ4v) is 3.95. The molecule has 1 saturated heterocycles. The summed E-state index contributed by atoms with van der Waals surface area (Å²) in [5, 5.41) is 4.85. The number of anilines is 1. The topological polar surface area (TPSA) is 67.2 Å². The fraction of sp³-hybridized carbons (Fsp3) is 0.364. The van der Waals surface area contributed by atoms with Crippen LogP contribution in [0.1, 0.15) is 24.5 Å². The van der Waals surface area contributed by atoms with E-state index in [0.29, 0.717) is 17.5 Å². The van der Waals surface area contributed by atoms with E-state index in [2.05, 4.69) is 10.1 Å². The number of carbonyl (C=O) groups excluding carboxylic acids is 1. The second-order valence-corrected chi connectivity index (χ2v) is 8.19. The Kier molecular flexibility index (Phi) is 5.99. The first-order valence-electron chi connectivity index (χ1n) is 10.1. The number of nitrogens with zero attached hydrogens (tertiary/aromatic N) is 6. The van der Waals surface area contributed by atoms with Crippen LogP contribution in [0.2, 0.25) is 5.02 Å². The Bertz CT molecular complexity index is 1000. The molecule has 1 amide bonds. The van der Waals surface area contributed by atoms with Gasteiger partial charge in [-0.1, -0.05) is 23.7 Å². The van der Waals surface area contributed by atoms with Crippen molar-refractivity contribution in [3.63, 3.8) is 0 Å². The molecule has 0 radical (unpaired) electrons. The second kappa shape index (κ2) is 8.83. The zero-order valence-electron chi connectivity index (χ0n) is 17.2. The number of halogens is 1. The Hall–Kier alpha value is -2.93. The van der Waals surface area contributed by atoms with E-state index in [-0.39, 0.29) is 18.4 Å². The smallest absolute Gasteiger partial charge is 0.244 e. The number of carbonyl (C=O) groups is 1. The number of likely N-dealkylation sites (tertiary alicyclic amines) is 1. The third-order valence-electron chi connectivity index (χ3n) is 5.38. The minimum atomic E-state index is 0.0818. The first-order valence-corrected chi connectivity index (χ1v) is 10.4. The Morgan fingerprint density at radius 2 is 2.07 bits per heavy atom. The van der Waals surface area contributed by atoms with Gasteiger partial charge in [0.15, 0.2) is 0 Å². The Morgan fingerprint density at radius 1 is 1.27 bits per heavy atom. The van der Waals surface area contributed by atoms with E-state index in [0.717, 1.165) is 36.2 Å². The highest BCUT2D eigenvalue weighted by molar-refractivity contribution is 6.30. The lowest BCUT2D eigenvalue weighted by Crippen LogP contribution is -2.41. The van der Waals surface area contributed by atoms with Gasteiger partial charge in [-0.15, -0.1) is 0 Å². The standard InChI is InChI=1S/C22H25ClN6O/c1-27(2)22-24-13-19(16-6-8-18(23)9-7-16)21(26-22)17-5-3-11-28(14-17)20(30)15-29-12-4-10-25-29/h4,6-10,12-13,17H,3,5,11,14-15H2,1-2H3/t17-/m1/s1. The SMILES string of the molecule is CN(C)c1ncc(-c2ccc(Cl)cc2)c([C@@H]2CCCN(C(=O)Cn3cccn3)C2)n1. The molecule has 7 nitrogen and oxygen atoms in total. The van der Waals surface area contributed by atoms with Gasteiger partial charge in [-0.2, -0.15) is 5.10 Å². The second-order valence-electron chi connectivity index (χ2n) is 7.75. The molecule has 1 fully saturated rings. The van der Waals surface area contributed by atoms with Crippen LogP contribution in [0.3, 0.4) is 0 Å². The molecule has 1 aliphatic heterocycles. The Labute approximate surface area is 181 Å². The van der Waals surface area contributed by atoms with Crippen molar-refractivity contribution in [2.75, 3.05) is 32.1 Å². The van der Waals surface area contributed by atoms with E-state index in [1.807, 2.05) is 66.6 Å². The quantitative estimate of drug-likeness (QED) is 0.627. The van der Waals surface area contributed by atoms with Crippen LogP contribution in [0, 0.1) is 0 Å². The average molecular weight is 425 g/mol. The summed E-state index contributed by atoms with van der Waals surface area (Å²) in [6.45, 7) is 1.67. The molecule has 0 bridgehead atoms. The number of hydrogen-bond donors (Lipinski definition) is 0. The van der Waals surface area contributed by atoms with E-state index in [4.69, 9.17) is 16.6 Å². The van der Waals surface area contributed by atoms with E-state index in [1.165, 1.54) is 0 Å². The zero-order valence-corrected chi connectivity index (χ0v) is 18.0. The number of amides is 1. The first kappa shape index (κ1) is 20.3. The van der Waals surface area contributed by atoms with Crippen LogP contribution in [0.4, 0.5) is 5.95 Å². The van der Waals surface area contributed by atoms with Crippen LogP contribution in [0.25, 0.3) is 11.1 Å². The van der Waals surface area contributed by atoms with Crippen LogP contribution < -0.4 is 4.90 Å². The van der Waals surface area contributed by atoms with Gasteiger partial charge < -0.3 is 9.80 Å². The normalized spacial score (nSPS) is 16.5. The maximum atomic E-state index is 12.8. The molecule has 30 heavy (non-hydrogen) atoms. The summed E-state index contributed by atoms with van der Waals surface area (Å²) >= 11 is 6.08. The number of aromatic nitrogens is 4. The molecule has 3 aromatic rings. The van der Waals surface area contributed by atoms with Crippen molar-refractivity contribution in [2.45, 2.75) is 25.3 Å². The van der Waals surface area contributed by atoms with Gasteiger partial charge >= 0.3 is 0 Å². The summed E-state index contributed by atoms with van der Waals surface area (Å²) < 4.78 is 1.67. The molecule has 8 heteroatoms. The van der Waals surface area contributed by atoms with Crippen molar-refractivity contribution in [1.29, 1.82) is 0 Å². The number of benzene rings is 1. The van der Waals surface area contributed by atoms with E-state index < -0.39 is 0 Å². The molecule has 4 rings (SSSR count). The van der Waals surface area contributed by atoms with Crippen LogP contribution in [-0.2, 0) is 11.3 Å². The number of rotatable bonds is 5. The highest BCUT2D eigenvalue weighted by atomic mass is 35.5. The minimum Gasteiger partial charge on any atom is -0.347 e. The van der Waals surface area contributed by atoms with E-state index in [9.17, 15) is 4.79 Å². The van der Waals surface area contributed by atoms with Crippen LogP contribution in [0.5, 0.6) is 0 Å². The highest BCUT2D eigenvalue weighted by Crippen LogP contribution is 2.34. The monoisotopic (exact) mass is 424 g/mol. The molecule has 1 aliphatic rings. The van der Waals surface area contributed by atoms with Gasteiger partial charge in [0.1, 0.15) is 6.54 Å². The molecule has 0 unspecified atom stereocenters. The molecular formula is C22H25ClN6O. The highest BCUT2D eigenvalue weighted by Gasteiger charge is 2.28. The lowest BCUT2D eigenvalue weighted by atomic mass is 9.90. The maximum absolute atomic E-state index is 12.8. The van der Waals surface area contributed by atoms with Gasteiger partial charge in [0.25, 0.3) is 0 Å². The molecular weight excluding hydrogens is 400 g/mol. The Morgan fingerprint density at radius 3 is 2.77 bits per heavy atom. The van der Waals surface area contributed by atoms with Gasteiger partial charge in [-0.05, 0) is 36.6 Å². The van der Waals surface area contributed by atoms with Gasteiger partial charge in [0.05, 0.1) is 5.69 Å². The molecule has 156 valence electrons. The number of piperidine rings is 1. The Balaban J connectivity index is 1.63. The summed E-state index contributed by atoms with van der Waals surface area (Å²) in [7, 11) is 3.86. The summed E-state index contributed by atoms with van der Waals surface area (Å²) in [5.74, 6) is 0.897. The third kappa shape index (κ3) is 4.46. The molecule has 2 aromatic heterocycles. The lowest BCUT2D eigenvalue weighted by Gasteiger charge is -2.33. The van der Waals surface area contributed by atoms with Gasteiger partial charge in [-0.25, -0.2) is 9.97 Å². The summed E-state index contributed by atoms with van der Waals surface area (Å²) in [5.41, 5.74) is 3.00. The van der Waals surface area contributed by atoms with Crippen molar-refractivity contribution in [2.24, 2.45) is 0 Å². The molecule has 3 heterocycles. The lowest BCUT2D eigenvalue weighted by molar-refractivity contribution is -0.133. The average Bonchev–Trinajstić information content (AvgIpc) is 3.27. The molecule has 1 aromatic carbocycles. The van der Waals surface area contributed by atoms with Gasteiger partial charge in [-0.3, -0.25) is 9.48 Å². The predicted molar refractivity (Wildman–Crippen MR) is 118 cm³/mol. The van der Waals surface area contributed by atoms with Crippen molar-refractivity contribution in [1.82, 2.24) is 24.6 Å². The third-order valence-corrected chi connectivity index (χ3v) is 5.63. The fourth-order valence-electron chi connectivity index (χ4n) is 3.82. The van der Waals surface area contributed by atoms with Crippen molar-refractivity contribution in [3.05, 3.63) is 59.6 Å². The van der Waals surface area contributed by atoms with Crippen molar-refractivity contribution < 1.29 is 4.79 Å². The molecule has 0 N–H and O–H groups in total. The summed E-state index contributed by atoms with van der Waals surface area (Å²) in [6, 6.07) is 9.56. The zero-order chi connectivity index (χ0) is 21.1. The minimum absolute atomic E-state index is 0.0818. The van der Waals surface area contributed by atoms with Crippen LogP contribution in [-0.4, -0.2) is 57.7 Å². The number of hydrogen-bond acceptors (Lipinski definition) is 5. The maximum Gasteiger partial charge on any atom is 0.244 e. The van der Waals surface area contributed by atoms with Gasteiger partial charge in [0.2, 0.25) is 11.9 Å². The summed E-state index contributed by atoms with van der Waals surface area (Å²) in [6.07, 6.45) is 7.30. The molecule has 1 atom stereocenters. The predicted octanol–water partition coefficient (Wildman–Crippen LogP) is 3.47. The van der Waals surface area contributed by atoms with Crippen molar-refractivity contribution in [3.8, 4) is 11.1 Å². The van der Waals surface area contributed by atoms with Gasteiger partial charge in [0, 0.05) is 62.3 Å². The van der Waals surface area contributed by atoms with Crippen molar-refractivity contribution >= 4 is 23.5 Å². The largest absolute Gasteiger partial charge is 0.347 e. The van der Waals surface area contributed by atoms with Crippen LogP contribution in [0.15, 0.2) is 48.9 Å². The summed E-state index contributed by atoms with van der Waals surface area (Å²) in [4.78, 5) is 26.1. The molecule has 0 spiro atoms. The van der Waals surface area contributed by atoms with E-state index in [1.54, 1.807) is 10.9 Å². The molecule has 0 aliphatic carbocycles.